The Labute approximate surface area is 116 Å². The van der Waals surface area contributed by atoms with Gasteiger partial charge in [-0.25, -0.2) is 0 Å². The summed E-state index contributed by atoms with van der Waals surface area (Å²) in [6, 6.07) is 6.33. The summed E-state index contributed by atoms with van der Waals surface area (Å²) in [6.07, 6.45) is 0. The lowest BCUT2D eigenvalue weighted by molar-refractivity contribution is 0.224. The van der Waals surface area contributed by atoms with E-state index >= 15 is 0 Å². The first-order valence-corrected chi connectivity index (χ1v) is 6.78. The number of halogens is 1. The monoisotopic (exact) mass is 263 g/mol. The maximum absolute atomic E-state index is 9.19. The molecule has 2 heteroatoms. The Hall–Kier alpha value is -1.00. The molecule has 0 saturated heterocycles. The van der Waals surface area contributed by atoms with Crippen LogP contribution in [0.2, 0.25) is 0 Å². The predicted molar refractivity (Wildman–Crippen MR) is 77.9 cm³/mol. The summed E-state index contributed by atoms with van der Waals surface area (Å²) in [5.74, 6) is 0.487. The summed E-state index contributed by atoms with van der Waals surface area (Å²) in [7, 11) is 0. The molecule has 18 heavy (non-hydrogen) atoms. The topological polar surface area (TPSA) is 23.8 Å². The van der Waals surface area contributed by atoms with Crippen molar-refractivity contribution in [1.82, 2.24) is 0 Å². The van der Waals surface area contributed by atoms with Gasteiger partial charge in [0.05, 0.1) is 11.6 Å². The van der Waals surface area contributed by atoms with E-state index in [2.05, 4.69) is 40.7 Å². The van der Waals surface area contributed by atoms with Crippen molar-refractivity contribution >= 4 is 11.6 Å². The molecular formula is C16H22ClN. The van der Waals surface area contributed by atoms with Crippen molar-refractivity contribution in [1.29, 1.82) is 5.26 Å². The molecule has 0 unspecified atom stereocenters. The minimum Gasteiger partial charge on any atom is -0.192 e. The number of aryl methyl sites for hydroxylation is 1. The second kappa shape index (κ2) is 4.94. The van der Waals surface area contributed by atoms with Crippen molar-refractivity contribution in [3.63, 3.8) is 0 Å². The van der Waals surface area contributed by atoms with Crippen molar-refractivity contribution in [3.05, 3.63) is 34.4 Å². The smallest absolute Gasteiger partial charge is 0.0994 e. The van der Waals surface area contributed by atoms with Crippen LogP contribution in [-0.2, 0) is 11.3 Å². The van der Waals surface area contributed by atoms with E-state index in [0.29, 0.717) is 5.88 Å². The Bertz CT molecular complexity index is 487. The van der Waals surface area contributed by atoms with E-state index in [1.807, 2.05) is 19.1 Å². The van der Waals surface area contributed by atoms with Gasteiger partial charge in [-0.2, -0.15) is 5.26 Å². The molecule has 0 heterocycles. The number of nitriles is 1. The summed E-state index contributed by atoms with van der Waals surface area (Å²) in [6.45, 7) is 13.1. The molecule has 98 valence electrons. The molecule has 0 saturated carbocycles. The van der Waals surface area contributed by atoms with Crippen molar-refractivity contribution in [2.24, 2.45) is 5.41 Å². The Balaban J connectivity index is 3.54. The Morgan fingerprint density at radius 3 is 2.11 bits per heavy atom. The average Bonchev–Trinajstić information content (AvgIpc) is 2.26. The highest BCUT2D eigenvalue weighted by Crippen LogP contribution is 2.43. The molecule has 1 aromatic carbocycles. The molecule has 1 rings (SSSR count). The molecule has 1 aromatic rings. The maximum atomic E-state index is 9.19. The van der Waals surface area contributed by atoms with Gasteiger partial charge in [0.2, 0.25) is 0 Å². The molecule has 0 spiro atoms. The van der Waals surface area contributed by atoms with E-state index in [4.69, 9.17) is 11.6 Å². The zero-order valence-corrected chi connectivity index (χ0v) is 12.9. The molecule has 1 nitrogen and oxygen atoms in total. The molecule has 0 radical (unpaired) electrons. The second-order valence-corrected chi connectivity index (χ2v) is 6.71. The van der Waals surface area contributed by atoms with Gasteiger partial charge in [-0.3, -0.25) is 0 Å². The number of hydrogen-bond acceptors (Lipinski definition) is 1. The summed E-state index contributed by atoms with van der Waals surface area (Å²) in [4.78, 5) is 0. The van der Waals surface area contributed by atoms with E-state index in [0.717, 1.165) is 16.7 Å². The fourth-order valence-electron chi connectivity index (χ4n) is 1.98. The van der Waals surface area contributed by atoms with Crippen LogP contribution in [0.25, 0.3) is 0 Å². The number of hydrogen-bond donors (Lipinski definition) is 0. The molecule has 0 N–H and O–H groups in total. The normalized spacial score (nSPS) is 12.3. The quantitative estimate of drug-likeness (QED) is 0.694. The van der Waals surface area contributed by atoms with Crippen molar-refractivity contribution in [2.45, 2.75) is 52.8 Å². The first-order chi connectivity index (χ1) is 8.15. The van der Waals surface area contributed by atoms with Crippen LogP contribution in [0.4, 0.5) is 0 Å². The lowest BCUT2D eigenvalue weighted by atomic mass is 9.64. The minimum absolute atomic E-state index is 0.0312. The summed E-state index contributed by atoms with van der Waals surface area (Å²) in [5.41, 5.74) is 4.14. The summed E-state index contributed by atoms with van der Waals surface area (Å²) < 4.78 is 0. The van der Waals surface area contributed by atoms with Gasteiger partial charge in [0.25, 0.3) is 0 Å². The third kappa shape index (κ3) is 2.54. The van der Waals surface area contributed by atoms with E-state index in [9.17, 15) is 5.26 Å². The predicted octanol–water partition coefficient (Wildman–Crippen LogP) is 4.93. The lowest BCUT2D eigenvalue weighted by Crippen LogP contribution is -2.35. The van der Waals surface area contributed by atoms with Crippen molar-refractivity contribution in [2.75, 3.05) is 0 Å². The molecule has 0 atom stereocenters. The number of rotatable bonds is 2. The zero-order valence-electron chi connectivity index (χ0n) is 12.2. The first kappa shape index (κ1) is 15.1. The fourth-order valence-corrected chi connectivity index (χ4v) is 2.21. The van der Waals surface area contributed by atoms with E-state index in [-0.39, 0.29) is 10.8 Å². The third-order valence-corrected chi connectivity index (χ3v) is 4.55. The Morgan fingerprint density at radius 1 is 1.17 bits per heavy atom. The standard InChI is InChI=1S/C16H22ClN/c1-11-7-12(9-17)14(8-13(11)10-18)16(5,6)15(2,3)4/h7-8H,9H2,1-6H3. The molecule has 0 aliphatic heterocycles. The van der Waals surface area contributed by atoms with E-state index in [1.54, 1.807) is 0 Å². The van der Waals surface area contributed by atoms with Crippen LogP contribution in [0.1, 0.15) is 56.9 Å². The summed E-state index contributed by atoms with van der Waals surface area (Å²) >= 11 is 6.07. The van der Waals surface area contributed by atoms with Gasteiger partial charge in [-0.15, -0.1) is 11.6 Å². The van der Waals surface area contributed by atoms with Crippen LogP contribution in [0.3, 0.4) is 0 Å². The van der Waals surface area contributed by atoms with Gasteiger partial charge in [0, 0.05) is 5.88 Å². The van der Waals surface area contributed by atoms with Gasteiger partial charge >= 0.3 is 0 Å². The van der Waals surface area contributed by atoms with Gasteiger partial charge in [0.15, 0.2) is 0 Å². The molecular weight excluding hydrogens is 242 g/mol. The highest BCUT2D eigenvalue weighted by molar-refractivity contribution is 6.17. The largest absolute Gasteiger partial charge is 0.192 e. The van der Waals surface area contributed by atoms with Gasteiger partial charge in [-0.1, -0.05) is 40.7 Å². The van der Waals surface area contributed by atoms with Gasteiger partial charge < -0.3 is 0 Å². The van der Waals surface area contributed by atoms with E-state index < -0.39 is 0 Å². The van der Waals surface area contributed by atoms with Crippen LogP contribution in [0.5, 0.6) is 0 Å². The maximum Gasteiger partial charge on any atom is 0.0994 e. The first-order valence-electron chi connectivity index (χ1n) is 6.25. The van der Waals surface area contributed by atoms with Crippen LogP contribution in [0.15, 0.2) is 12.1 Å². The van der Waals surface area contributed by atoms with E-state index in [1.165, 1.54) is 5.56 Å². The Kier molecular flexibility index (Phi) is 4.13. The Morgan fingerprint density at radius 2 is 1.72 bits per heavy atom. The molecule has 0 amide bonds. The molecule has 0 aliphatic rings. The van der Waals surface area contributed by atoms with Crippen LogP contribution in [0, 0.1) is 23.7 Å². The van der Waals surface area contributed by atoms with Gasteiger partial charge in [0.1, 0.15) is 0 Å². The zero-order chi connectivity index (χ0) is 14.1. The second-order valence-electron chi connectivity index (χ2n) is 6.44. The summed E-state index contributed by atoms with van der Waals surface area (Å²) in [5, 5.41) is 9.19. The number of nitrogens with zero attached hydrogens (tertiary/aromatic N) is 1. The molecule has 0 aromatic heterocycles. The molecule has 0 fully saturated rings. The molecule has 0 aliphatic carbocycles. The minimum atomic E-state index is -0.0312. The van der Waals surface area contributed by atoms with Gasteiger partial charge in [-0.05, 0) is 40.5 Å². The average molecular weight is 264 g/mol. The fraction of sp³-hybridized carbons (Fsp3) is 0.562. The highest BCUT2D eigenvalue weighted by Gasteiger charge is 2.36. The van der Waals surface area contributed by atoms with Crippen molar-refractivity contribution < 1.29 is 0 Å². The number of alkyl halides is 1. The SMILES string of the molecule is Cc1cc(CCl)c(C(C)(C)C(C)(C)C)cc1C#N. The molecule has 0 bridgehead atoms. The van der Waals surface area contributed by atoms with Crippen LogP contribution >= 0.6 is 11.6 Å². The number of benzene rings is 1. The van der Waals surface area contributed by atoms with Crippen LogP contribution < -0.4 is 0 Å². The third-order valence-electron chi connectivity index (χ3n) is 4.26. The lowest BCUT2D eigenvalue weighted by Gasteiger charge is -2.40. The highest BCUT2D eigenvalue weighted by atomic mass is 35.5. The van der Waals surface area contributed by atoms with Crippen molar-refractivity contribution in [3.8, 4) is 6.07 Å². The van der Waals surface area contributed by atoms with Crippen LogP contribution in [-0.4, -0.2) is 0 Å².